The number of hydrogen-bond donors (Lipinski definition) is 1. The van der Waals surface area contributed by atoms with Crippen LogP contribution in [-0.2, 0) is 17.9 Å². The number of methoxy groups -OCH3 is 1. The molecule has 0 fully saturated rings. The van der Waals surface area contributed by atoms with Crippen LogP contribution in [0.1, 0.15) is 5.82 Å². The molecule has 1 aliphatic rings. The van der Waals surface area contributed by atoms with Crippen molar-refractivity contribution in [2.75, 3.05) is 17.3 Å². The first-order valence-electron chi connectivity index (χ1n) is 8.56. The zero-order valence-corrected chi connectivity index (χ0v) is 15.0. The Bertz CT molecular complexity index is 1100. The molecule has 28 heavy (non-hydrogen) atoms. The maximum absolute atomic E-state index is 12.6. The summed E-state index contributed by atoms with van der Waals surface area (Å²) < 4.78 is 7.09. The van der Waals surface area contributed by atoms with E-state index in [0.29, 0.717) is 22.9 Å². The van der Waals surface area contributed by atoms with Crippen molar-refractivity contribution in [3.8, 4) is 5.75 Å². The molecule has 9 heteroatoms. The summed E-state index contributed by atoms with van der Waals surface area (Å²) in [5, 5.41) is 6.83. The Kier molecular flexibility index (Phi) is 4.40. The normalized spacial score (nSPS) is 12.8. The van der Waals surface area contributed by atoms with Crippen molar-refractivity contribution in [3.63, 3.8) is 0 Å². The molecule has 0 bridgehead atoms. The van der Waals surface area contributed by atoms with Crippen molar-refractivity contribution in [3.05, 3.63) is 70.9 Å². The van der Waals surface area contributed by atoms with Crippen LogP contribution in [0, 0.1) is 0 Å². The van der Waals surface area contributed by atoms with Gasteiger partial charge in [0.1, 0.15) is 12.3 Å². The minimum atomic E-state index is -0.640. The topological polar surface area (TPSA) is 98.5 Å². The van der Waals surface area contributed by atoms with E-state index in [1.54, 1.807) is 36.4 Å². The summed E-state index contributed by atoms with van der Waals surface area (Å²) in [6, 6.07) is 15.4. The number of aromatic nitrogens is 3. The second-order valence-corrected chi connectivity index (χ2v) is 6.18. The Balaban J connectivity index is 1.50. The van der Waals surface area contributed by atoms with Crippen LogP contribution < -0.4 is 20.6 Å². The first-order valence-corrected chi connectivity index (χ1v) is 8.56. The van der Waals surface area contributed by atoms with Crippen LogP contribution in [0.5, 0.6) is 5.75 Å². The molecule has 3 aromatic rings. The Morgan fingerprint density at radius 1 is 1.14 bits per heavy atom. The fourth-order valence-corrected chi connectivity index (χ4v) is 3.03. The summed E-state index contributed by atoms with van der Waals surface area (Å²) in [5.41, 5.74) is 0.578. The molecule has 1 aromatic heterocycles. The van der Waals surface area contributed by atoms with E-state index in [-0.39, 0.29) is 13.1 Å². The second kappa shape index (κ2) is 7.03. The largest absolute Gasteiger partial charge is 0.497 e. The number of nitrogens with one attached hydrogen (secondary N) is 1. The number of anilines is 2. The number of carbonyl (C=O) groups excluding carboxylic acids is 2. The number of rotatable bonds is 5. The van der Waals surface area contributed by atoms with E-state index in [1.165, 1.54) is 12.0 Å². The van der Waals surface area contributed by atoms with Crippen molar-refractivity contribution in [2.45, 2.75) is 13.1 Å². The smallest absolute Gasteiger partial charge is 0.354 e. The van der Waals surface area contributed by atoms with Gasteiger partial charge in [-0.1, -0.05) is 24.3 Å². The van der Waals surface area contributed by atoms with E-state index < -0.39 is 17.6 Å². The van der Waals surface area contributed by atoms with Crippen LogP contribution >= 0.6 is 0 Å². The average molecular weight is 379 g/mol. The summed E-state index contributed by atoms with van der Waals surface area (Å²) in [6.45, 7) is -0.128. The third-order valence-corrected chi connectivity index (χ3v) is 4.34. The summed E-state index contributed by atoms with van der Waals surface area (Å²) in [7, 11) is 1.53. The van der Waals surface area contributed by atoms with Gasteiger partial charge in [-0.25, -0.2) is 14.3 Å². The molecule has 2 aromatic carbocycles. The number of carbonyl (C=O) groups is 2. The van der Waals surface area contributed by atoms with E-state index in [1.807, 2.05) is 18.2 Å². The monoisotopic (exact) mass is 379 g/mol. The molecule has 9 nitrogen and oxygen atoms in total. The zero-order valence-electron chi connectivity index (χ0n) is 15.0. The van der Waals surface area contributed by atoms with Crippen LogP contribution in [0.3, 0.4) is 0 Å². The van der Waals surface area contributed by atoms with E-state index in [4.69, 9.17) is 4.74 Å². The maximum atomic E-state index is 12.6. The Morgan fingerprint density at radius 2 is 1.93 bits per heavy atom. The van der Waals surface area contributed by atoms with Crippen molar-refractivity contribution < 1.29 is 14.3 Å². The van der Waals surface area contributed by atoms with E-state index in [0.717, 1.165) is 9.25 Å². The minimum absolute atomic E-state index is 0.169. The highest BCUT2D eigenvalue weighted by Crippen LogP contribution is 2.21. The quantitative estimate of drug-likeness (QED) is 0.727. The van der Waals surface area contributed by atoms with E-state index in [9.17, 15) is 14.4 Å². The molecule has 1 aliphatic heterocycles. The SMILES string of the molecule is COc1cccc(NC(=O)Cn2nc3n(c2=O)C(=O)N(c2ccccc2)C3)c1. The Hall–Kier alpha value is -3.88. The molecule has 0 aliphatic carbocycles. The second-order valence-electron chi connectivity index (χ2n) is 6.18. The van der Waals surface area contributed by atoms with Crippen LogP contribution in [0.25, 0.3) is 0 Å². The van der Waals surface area contributed by atoms with Crippen molar-refractivity contribution in [1.82, 2.24) is 14.3 Å². The fourth-order valence-electron chi connectivity index (χ4n) is 3.03. The predicted molar refractivity (Wildman–Crippen MR) is 102 cm³/mol. The first kappa shape index (κ1) is 17.5. The highest BCUT2D eigenvalue weighted by atomic mass is 16.5. The van der Waals surface area contributed by atoms with Crippen LogP contribution in [-0.4, -0.2) is 33.4 Å². The molecular weight excluding hydrogens is 362 g/mol. The first-order chi connectivity index (χ1) is 13.6. The standard InChI is InChI=1S/C19H17N5O4/c1-28-15-9-5-6-13(10-15)20-17(25)12-23-19(27)24-16(21-23)11-22(18(24)26)14-7-3-2-4-8-14/h2-10H,11-12H2,1H3,(H,20,25). The van der Waals surface area contributed by atoms with Gasteiger partial charge >= 0.3 is 11.7 Å². The molecule has 0 saturated carbocycles. The van der Waals surface area contributed by atoms with E-state index in [2.05, 4.69) is 10.4 Å². The molecule has 0 radical (unpaired) electrons. The molecule has 0 spiro atoms. The van der Waals surface area contributed by atoms with Gasteiger partial charge in [0.15, 0.2) is 5.82 Å². The molecule has 0 unspecified atom stereocenters. The number of benzene rings is 2. The van der Waals surface area contributed by atoms with Crippen molar-refractivity contribution in [1.29, 1.82) is 0 Å². The summed E-state index contributed by atoms with van der Waals surface area (Å²) >= 11 is 0. The molecule has 0 atom stereocenters. The molecule has 4 rings (SSSR count). The van der Waals surface area contributed by atoms with Crippen molar-refractivity contribution >= 4 is 23.3 Å². The number of fused-ring (bicyclic) bond motifs is 1. The van der Waals surface area contributed by atoms with Gasteiger partial charge in [-0.15, -0.1) is 0 Å². The lowest BCUT2D eigenvalue weighted by Crippen LogP contribution is -2.36. The predicted octanol–water partition coefficient (Wildman–Crippen LogP) is 1.68. The third kappa shape index (κ3) is 3.13. The van der Waals surface area contributed by atoms with Gasteiger partial charge in [-0.3, -0.25) is 9.69 Å². The number of nitrogens with zero attached hydrogens (tertiary/aromatic N) is 4. The lowest BCUT2D eigenvalue weighted by molar-refractivity contribution is -0.117. The van der Waals surface area contributed by atoms with E-state index >= 15 is 0 Å². The fraction of sp³-hybridized carbons (Fsp3) is 0.158. The van der Waals surface area contributed by atoms with Crippen molar-refractivity contribution in [2.24, 2.45) is 0 Å². The van der Waals surface area contributed by atoms with Crippen LogP contribution in [0.15, 0.2) is 59.4 Å². The Labute approximate surface area is 159 Å². The summed E-state index contributed by atoms with van der Waals surface area (Å²) in [6.07, 6.45) is 0. The number of para-hydroxylation sites is 1. The molecular formula is C19H17N5O4. The van der Waals surface area contributed by atoms with Gasteiger partial charge in [0.25, 0.3) is 0 Å². The minimum Gasteiger partial charge on any atom is -0.497 e. The summed E-state index contributed by atoms with van der Waals surface area (Å²) in [5.74, 6) is 0.468. The summed E-state index contributed by atoms with van der Waals surface area (Å²) in [4.78, 5) is 38.9. The maximum Gasteiger partial charge on any atom is 0.354 e. The molecule has 142 valence electrons. The molecule has 2 amide bonds. The average Bonchev–Trinajstić information content (AvgIpc) is 3.19. The lowest BCUT2D eigenvalue weighted by Gasteiger charge is -2.14. The Morgan fingerprint density at radius 3 is 2.64 bits per heavy atom. The van der Waals surface area contributed by atoms with Gasteiger partial charge < -0.3 is 10.1 Å². The van der Waals surface area contributed by atoms with Gasteiger partial charge in [0.05, 0.1) is 13.7 Å². The van der Waals surface area contributed by atoms with Gasteiger partial charge in [0, 0.05) is 17.4 Å². The van der Waals surface area contributed by atoms with Gasteiger partial charge in [-0.05, 0) is 24.3 Å². The lowest BCUT2D eigenvalue weighted by atomic mass is 10.3. The highest BCUT2D eigenvalue weighted by Gasteiger charge is 2.33. The number of amides is 2. The number of ether oxygens (including phenoxy) is 1. The van der Waals surface area contributed by atoms with Crippen LogP contribution in [0.2, 0.25) is 0 Å². The molecule has 1 N–H and O–H groups in total. The highest BCUT2D eigenvalue weighted by molar-refractivity contribution is 5.96. The zero-order chi connectivity index (χ0) is 19.7. The van der Waals surface area contributed by atoms with Gasteiger partial charge in [-0.2, -0.15) is 9.67 Å². The molecule has 2 heterocycles. The number of hydrogen-bond acceptors (Lipinski definition) is 5. The van der Waals surface area contributed by atoms with Gasteiger partial charge in [0.2, 0.25) is 5.91 Å². The van der Waals surface area contributed by atoms with Crippen LogP contribution in [0.4, 0.5) is 16.2 Å². The molecule has 0 saturated heterocycles. The third-order valence-electron chi connectivity index (χ3n) is 4.34.